The third-order valence-electron chi connectivity index (χ3n) is 2.71. The Morgan fingerprint density at radius 2 is 1.82 bits per heavy atom. The lowest BCUT2D eigenvalue weighted by atomic mass is 10.2. The standard InChI is InChI=1S/C17H18N2OS2/c1-13-8-7-11-15(12-13)20-16(22-17(21)19(2)3)18-14-9-5-4-6-10-14/h4-12H,1-3H3. The molecule has 0 spiro atoms. The first-order valence-electron chi connectivity index (χ1n) is 6.82. The predicted octanol–water partition coefficient (Wildman–Crippen LogP) is 4.64. The van der Waals surface area contributed by atoms with Gasteiger partial charge in [0.25, 0.3) is 5.23 Å². The Labute approximate surface area is 141 Å². The second-order valence-corrected chi connectivity index (χ2v) is 6.48. The second-order valence-electron chi connectivity index (χ2n) is 4.89. The molecule has 3 nitrogen and oxygen atoms in total. The quantitative estimate of drug-likeness (QED) is 0.455. The zero-order valence-corrected chi connectivity index (χ0v) is 14.4. The summed E-state index contributed by atoms with van der Waals surface area (Å²) in [5.41, 5.74) is 1.97. The fourth-order valence-electron chi connectivity index (χ4n) is 1.62. The fraction of sp³-hybridized carbons (Fsp3) is 0.176. The van der Waals surface area contributed by atoms with E-state index in [1.54, 1.807) is 0 Å². The molecule has 2 aromatic rings. The first-order valence-corrected chi connectivity index (χ1v) is 8.04. The maximum absolute atomic E-state index is 5.92. The van der Waals surface area contributed by atoms with Crippen LogP contribution in [-0.2, 0) is 0 Å². The summed E-state index contributed by atoms with van der Waals surface area (Å²) < 4.78 is 6.62. The van der Waals surface area contributed by atoms with Crippen LogP contribution in [0.3, 0.4) is 0 Å². The Morgan fingerprint density at radius 3 is 2.45 bits per heavy atom. The Kier molecular flexibility index (Phi) is 5.98. The van der Waals surface area contributed by atoms with E-state index >= 15 is 0 Å². The van der Waals surface area contributed by atoms with Gasteiger partial charge in [0.15, 0.2) is 0 Å². The lowest BCUT2D eigenvalue weighted by molar-refractivity contribution is 0.566. The van der Waals surface area contributed by atoms with Crippen LogP contribution in [0.25, 0.3) is 0 Å². The highest BCUT2D eigenvalue weighted by atomic mass is 32.2. The Balaban J connectivity index is 2.25. The number of rotatable bonds is 2. The van der Waals surface area contributed by atoms with Crippen molar-refractivity contribution in [2.75, 3.05) is 14.1 Å². The van der Waals surface area contributed by atoms with E-state index < -0.39 is 0 Å². The minimum atomic E-state index is 0.510. The molecule has 0 radical (unpaired) electrons. The van der Waals surface area contributed by atoms with Gasteiger partial charge in [-0.1, -0.05) is 42.5 Å². The minimum Gasteiger partial charge on any atom is -0.433 e. The molecule has 0 aliphatic heterocycles. The van der Waals surface area contributed by atoms with E-state index in [2.05, 4.69) is 4.99 Å². The summed E-state index contributed by atoms with van der Waals surface area (Å²) in [7, 11) is 3.81. The molecule has 0 fully saturated rings. The SMILES string of the molecule is Cc1cccc(OC(=Nc2ccccc2)SC(=S)N(C)C)c1. The summed E-state index contributed by atoms with van der Waals surface area (Å²) >= 11 is 6.67. The first-order chi connectivity index (χ1) is 10.5. The monoisotopic (exact) mass is 330 g/mol. The first kappa shape index (κ1) is 16.5. The minimum absolute atomic E-state index is 0.510. The van der Waals surface area contributed by atoms with Crippen molar-refractivity contribution < 1.29 is 4.74 Å². The van der Waals surface area contributed by atoms with Crippen molar-refractivity contribution in [2.24, 2.45) is 4.99 Å². The van der Waals surface area contributed by atoms with Gasteiger partial charge in [-0.3, -0.25) is 0 Å². The van der Waals surface area contributed by atoms with E-state index in [-0.39, 0.29) is 0 Å². The summed E-state index contributed by atoms with van der Waals surface area (Å²) in [5.74, 6) is 0.753. The summed E-state index contributed by atoms with van der Waals surface area (Å²) in [4.78, 5) is 6.41. The lowest BCUT2D eigenvalue weighted by Gasteiger charge is -2.14. The van der Waals surface area contributed by atoms with E-state index in [0.29, 0.717) is 9.55 Å². The summed E-state index contributed by atoms with van der Waals surface area (Å²) in [6.45, 7) is 2.03. The molecule has 0 saturated heterocycles. The van der Waals surface area contributed by atoms with Gasteiger partial charge in [0.05, 0.1) is 5.69 Å². The van der Waals surface area contributed by atoms with Crippen LogP contribution in [0.15, 0.2) is 59.6 Å². The number of ether oxygens (including phenoxy) is 1. The van der Waals surface area contributed by atoms with Crippen LogP contribution in [-0.4, -0.2) is 28.5 Å². The van der Waals surface area contributed by atoms with E-state index in [0.717, 1.165) is 17.0 Å². The third-order valence-corrected chi connectivity index (χ3v) is 4.22. The van der Waals surface area contributed by atoms with Crippen LogP contribution in [0.4, 0.5) is 5.69 Å². The maximum Gasteiger partial charge on any atom is 0.263 e. The zero-order valence-electron chi connectivity index (χ0n) is 12.8. The van der Waals surface area contributed by atoms with Gasteiger partial charge in [0.1, 0.15) is 10.1 Å². The largest absolute Gasteiger partial charge is 0.433 e. The van der Waals surface area contributed by atoms with Crippen molar-refractivity contribution in [2.45, 2.75) is 6.92 Å². The molecule has 2 aromatic carbocycles. The van der Waals surface area contributed by atoms with E-state index in [1.165, 1.54) is 11.8 Å². The molecule has 114 valence electrons. The topological polar surface area (TPSA) is 24.8 Å². The summed E-state index contributed by atoms with van der Waals surface area (Å²) in [6, 6.07) is 17.6. The van der Waals surface area contributed by atoms with Crippen LogP contribution in [0, 0.1) is 6.92 Å². The molecule has 0 bridgehead atoms. The Bertz CT molecular complexity index is 669. The molecule has 0 aliphatic carbocycles. The molecule has 22 heavy (non-hydrogen) atoms. The molecule has 2 rings (SSSR count). The molecule has 0 N–H and O–H groups in total. The van der Waals surface area contributed by atoms with Gasteiger partial charge in [-0.15, -0.1) is 0 Å². The molecule has 0 heterocycles. The van der Waals surface area contributed by atoms with Gasteiger partial charge < -0.3 is 9.64 Å². The fourth-order valence-corrected chi connectivity index (χ4v) is 2.45. The molecular weight excluding hydrogens is 312 g/mol. The van der Waals surface area contributed by atoms with Gasteiger partial charge in [-0.2, -0.15) is 0 Å². The summed E-state index contributed by atoms with van der Waals surface area (Å²) in [6.07, 6.45) is 0. The van der Waals surface area contributed by atoms with Gasteiger partial charge in [0, 0.05) is 14.1 Å². The molecule has 0 aromatic heterocycles. The number of aryl methyl sites for hydroxylation is 1. The van der Waals surface area contributed by atoms with Crippen molar-refractivity contribution in [3.05, 3.63) is 60.2 Å². The van der Waals surface area contributed by atoms with Gasteiger partial charge >= 0.3 is 0 Å². The number of hydrogen-bond acceptors (Lipinski definition) is 4. The van der Waals surface area contributed by atoms with Gasteiger partial charge in [-0.25, -0.2) is 4.99 Å². The number of hydrogen-bond donors (Lipinski definition) is 0. The molecule has 5 heteroatoms. The van der Waals surface area contributed by atoms with Gasteiger partial charge in [0.2, 0.25) is 0 Å². The normalized spacial score (nSPS) is 11.1. The number of para-hydroxylation sites is 1. The zero-order chi connectivity index (χ0) is 15.9. The predicted molar refractivity (Wildman–Crippen MR) is 99.2 cm³/mol. The number of nitrogens with zero attached hydrogens (tertiary/aromatic N) is 2. The van der Waals surface area contributed by atoms with Crippen LogP contribution in [0.1, 0.15) is 5.56 Å². The number of aliphatic imine (C=N–C) groups is 1. The molecular formula is C17H18N2OS2. The van der Waals surface area contributed by atoms with Crippen molar-refractivity contribution in [1.29, 1.82) is 0 Å². The van der Waals surface area contributed by atoms with E-state index in [1.807, 2.05) is 80.5 Å². The van der Waals surface area contributed by atoms with Crippen LogP contribution in [0.2, 0.25) is 0 Å². The maximum atomic E-state index is 5.92. The molecule has 0 saturated carbocycles. The number of benzene rings is 2. The smallest absolute Gasteiger partial charge is 0.263 e. The molecule has 0 unspecified atom stereocenters. The van der Waals surface area contributed by atoms with Crippen LogP contribution in [0.5, 0.6) is 5.75 Å². The third kappa shape index (κ3) is 5.16. The van der Waals surface area contributed by atoms with Crippen molar-refractivity contribution in [3.8, 4) is 5.75 Å². The van der Waals surface area contributed by atoms with Crippen molar-refractivity contribution in [3.63, 3.8) is 0 Å². The van der Waals surface area contributed by atoms with E-state index in [4.69, 9.17) is 17.0 Å². The van der Waals surface area contributed by atoms with Crippen LogP contribution < -0.4 is 4.74 Å². The Morgan fingerprint density at radius 1 is 1.09 bits per heavy atom. The average Bonchev–Trinajstić information content (AvgIpc) is 2.48. The Hall–Kier alpha value is -1.85. The highest BCUT2D eigenvalue weighted by Gasteiger charge is 2.10. The van der Waals surface area contributed by atoms with E-state index in [9.17, 15) is 0 Å². The van der Waals surface area contributed by atoms with Crippen molar-refractivity contribution >= 4 is 39.2 Å². The van der Waals surface area contributed by atoms with Crippen LogP contribution >= 0.6 is 24.0 Å². The second kappa shape index (κ2) is 7.96. The molecule has 0 atom stereocenters. The van der Waals surface area contributed by atoms with Crippen molar-refractivity contribution in [1.82, 2.24) is 4.90 Å². The highest BCUT2D eigenvalue weighted by Crippen LogP contribution is 2.21. The van der Waals surface area contributed by atoms with Gasteiger partial charge in [-0.05, 0) is 48.5 Å². The molecule has 0 amide bonds. The molecule has 0 aliphatic rings. The highest BCUT2D eigenvalue weighted by molar-refractivity contribution is 8.32. The number of thioether (sulfide) groups is 1. The summed E-state index contributed by atoms with van der Waals surface area (Å²) in [5, 5.41) is 0.510. The lowest BCUT2D eigenvalue weighted by Crippen LogP contribution is -2.19. The average molecular weight is 330 g/mol. The number of thiocarbonyl (C=S) groups is 1.